The number of anilines is 2. The zero-order valence-electron chi connectivity index (χ0n) is 11.7. The molecule has 2 heterocycles. The maximum absolute atomic E-state index is 6.29. The number of fused-ring (bicyclic) bond motifs is 1. The molecular formula is C16H18ClN3. The number of pyridine rings is 1. The van der Waals surface area contributed by atoms with Crippen molar-refractivity contribution in [1.82, 2.24) is 4.98 Å². The minimum absolute atomic E-state index is 0.475. The molecule has 4 heteroatoms. The first kappa shape index (κ1) is 13.3. The van der Waals surface area contributed by atoms with Crippen LogP contribution in [0, 0.1) is 0 Å². The second-order valence-corrected chi connectivity index (χ2v) is 5.59. The quantitative estimate of drug-likeness (QED) is 0.932. The van der Waals surface area contributed by atoms with Gasteiger partial charge in [0, 0.05) is 18.8 Å². The van der Waals surface area contributed by atoms with E-state index in [-0.39, 0.29) is 0 Å². The lowest BCUT2D eigenvalue weighted by molar-refractivity contribution is 0.665. The molecule has 1 N–H and O–H groups in total. The van der Waals surface area contributed by atoms with Crippen molar-refractivity contribution < 1.29 is 0 Å². The zero-order chi connectivity index (χ0) is 14.1. The van der Waals surface area contributed by atoms with Gasteiger partial charge in [0.15, 0.2) is 0 Å². The van der Waals surface area contributed by atoms with E-state index in [0.29, 0.717) is 6.04 Å². The van der Waals surface area contributed by atoms with Crippen LogP contribution in [0.3, 0.4) is 0 Å². The van der Waals surface area contributed by atoms with E-state index in [2.05, 4.69) is 46.4 Å². The van der Waals surface area contributed by atoms with Gasteiger partial charge in [-0.15, -0.1) is 0 Å². The van der Waals surface area contributed by atoms with Gasteiger partial charge in [0.25, 0.3) is 0 Å². The topological polar surface area (TPSA) is 28.2 Å². The van der Waals surface area contributed by atoms with Gasteiger partial charge in [-0.3, -0.25) is 0 Å². The van der Waals surface area contributed by atoms with Crippen molar-refractivity contribution in [1.29, 1.82) is 0 Å². The molecule has 3 nitrogen and oxygen atoms in total. The fourth-order valence-electron chi connectivity index (χ4n) is 2.77. The second kappa shape index (κ2) is 5.33. The highest BCUT2D eigenvalue weighted by Gasteiger charge is 2.26. The monoisotopic (exact) mass is 287 g/mol. The van der Waals surface area contributed by atoms with E-state index in [1.54, 1.807) is 0 Å². The van der Waals surface area contributed by atoms with Gasteiger partial charge in [0.1, 0.15) is 5.82 Å². The van der Waals surface area contributed by atoms with Gasteiger partial charge in [-0.2, -0.15) is 0 Å². The van der Waals surface area contributed by atoms with Crippen molar-refractivity contribution in [3.05, 3.63) is 52.7 Å². The van der Waals surface area contributed by atoms with Gasteiger partial charge in [0.05, 0.1) is 17.3 Å². The molecule has 2 aromatic rings. The number of aromatic nitrogens is 1. The fraction of sp³-hybridized carbons (Fsp3) is 0.312. The van der Waals surface area contributed by atoms with Gasteiger partial charge in [0.2, 0.25) is 0 Å². The summed E-state index contributed by atoms with van der Waals surface area (Å²) in [6.45, 7) is 2.99. The highest BCUT2D eigenvalue weighted by atomic mass is 35.5. The summed E-state index contributed by atoms with van der Waals surface area (Å²) in [6, 6.07) is 12.8. The molecule has 0 saturated carbocycles. The molecule has 1 aromatic heterocycles. The second-order valence-electron chi connectivity index (χ2n) is 5.18. The minimum atomic E-state index is 0.475. The van der Waals surface area contributed by atoms with Crippen LogP contribution in [0.4, 0.5) is 11.5 Å². The van der Waals surface area contributed by atoms with Gasteiger partial charge >= 0.3 is 0 Å². The molecule has 1 aliphatic rings. The average molecular weight is 288 g/mol. The van der Waals surface area contributed by atoms with Crippen LogP contribution in [0.5, 0.6) is 0 Å². The summed E-state index contributed by atoms with van der Waals surface area (Å²) in [5.41, 5.74) is 3.62. The van der Waals surface area contributed by atoms with Crippen LogP contribution in [0.2, 0.25) is 5.02 Å². The molecule has 1 aliphatic heterocycles. The Labute approximate surface area is 124 Å². The molecule has 0 bridgehead atoms. The van der Waals surface area contributed by atoms with E-state index < -0.39 is 0 Å². The number of halogens is 1. The smallest absolute Gasteiger partial charge is 0.126 e. The molecule has 20 heavy (non-hydrogen) atoms. The number of para-hydroxylation sites is 1. The molecular weight excluding hydrogens is 270 g/mol. The molecule has 0 fully saturated rings. The normalized spacial score (nSPS) is 17.1. The third-order valence-electron chi connectivity index (χ3n) is 3.84. The Bertz CT molecular complexity index is 627. The predicted octanol–water partition coefficient (Wildman–Crippen LogP) is 3.73. The first-order valence-electron chi connectivity index (χ1n) is 6.86. The molecule has 0 saturated heterocycles. The van der Waals surface area contributed by atoms with Crippen molar-refractivity contribution in [2.45, 2.75) is 25.9 Å². The number of rotatable bonds is 3. The van der Waals surface area contributed by atoms with Crippen molar-refractivity contribution in [2.24, 2.45) is 0 Å². The molecule has 3 rings (SSSR count). The van der Waals surface area contributed by atoms with Crippen molar-refractivity contribution in [2.75, 3.05) is 17.3 Å². The highest BCUT2D eigenvalue weighted by molar-refractivity contribution is 6.31. The molecule has 1 atom stereocenters. The van der Waals surface area contributed by atoms with Gasteiger partial charge in [-0.05, 0) is 37.1 Å². The van der Waals surface area contributed by atoms with E-state index in [0.717, 1.165) is 29.5 Å². The summed E-state index contributed by atoms with van der Waals surface area (Å²) in [5, 5.41) is 3.78. The Balaban J connectivity index is 1.92. The Morgan fingerprint density at radius 2 is 2.10 bits per heavy atom. The summed E-state index contributed by atoms with van der Waals surface area (Å²) < 4.78 is 0. The number of nitrogens with one attached hydrogen (secondary N) is 1. The standard InChI is InChI=1S/C16H18ClN3/c1-11-9-12-5-3-4-6-15(12)20(11)10-14-13(17)7-8-16(18-2)19-14/h3-8,11H,9-10H2,1-2H3,(H,18,19). The maximum atomic E-state index is 6.29. The summed E-state index contributed by atoms with van der Waals surface area (Å²) >= 11 is 6.29. The molecule has 1 aromatic carbocycles. The Morgan fingerprint density at radius 1 is 1.30 bits per heavy atom. The van der Waals surface area contributed by atoms with Crippen LogP contribution in [-0.2, 0) is 13.0 Å². The van der Waals surface area contributed by atoms with Gasteiger partial charge in [-0.1, -0.05) is 29.8 Å². The average Bonchev–Trinajstić information content (AvgIpc) is 2.77. The SMILES string of the molecule is CNc1ccc(Cl)c(CN2c3ccccc3CC2C)n1. The highest BCUT2D eigenvalue weighted by Crippen LogP contribution is 2.33. The lowest BCUT2D eigenvalue weighted by Gasteiger charge is -2.25. The van der Waals surface area contributed by atoms with Crippen LogP contribution in [-0.4, -0.2) is 18.1 Å². The number of hydrogen-bond donors (Lipinski definition) is 1. The van der Waals surface area contributed by atoms with Gasteiger partial charge < -0.3 is 10.2 Å². The summed E-state index contributed by atoms with van der Waals surface area (Å²) in [4.78, 5) is 6.95. The van der Waals surface area contributed by atoms with Crippen LogP contribution in [0.25, 0.3) is 0 Å². The van der Waals surface area contributed by atoms with Crippen molar-refractivity contribution in [3.8, 4) is 0 Å². The molecule has 0 aliphatic carbocycles. The Kier molecular flexibility index (Phi) is 3.53. The van der Waals surface area contributed by atoms with E-state index in [1.165, 1.54) is 11.3 Å². The summed E-state index contributed by atoms with van der Waals surface area (Å²) in [7, 11) is 1.87. The van der Waals surface area contributed by atoms with Crippen LogP contribution >= 0.6 is 11.6 Å². The van der Waals surface area contributed by atoms with E-state index in [4.69, 9.17) is 11.6 Å². The number of hydrogen-bond acceptors (Lipinski definition) is 3. The largest absolute Gasteiger partial charge is 0.373 e. The maximum Gasteiger partial charge on any atom is 0.126 e. The lowest BCUT2D eigenvalue weighted by Crippen LogP contribution is -2.29. The Morgan fingerprint density at radius 3 is 2.90 bits per heavy atom. The number of nitrogens with zero attached hydrogens (tertiary/aromatic N) is 2. The van der Waals surface area contributed by atoms with Crippen LogP contribution in [0.15, 0.2) is 36.4 Å². The Hall–Kier alpha value is -1.74. The summed E-state index contributed by atoms with van der Waals surface area (Å²) in [6.07, 6.45) is 1.08. The first-order valence-corrected chi connectivity index (χ1v) is 7.24. The minimum Gasteiger partial charge on any atom is -0.373 e. The zero-order valence-corrected chi connectivity index (χ0v) is 12.5. The molecule has 104 valence electrons. The van der Waals surface area contributed by atoms with Crippen molar-refractivity contribution >= 4 is 23.1 Å². The first-order chi connectivity index (χ1) is 9.69. The van der Waals surface area contributed by atoms with E-state index in [1.807, 2.05) is 19.2 Å². The molecule has 1 unspecified atom stereocenters. The van der Waals surface area contributed by atoms with E-state index in [9.17, 15) is 0 Å². The predicted molar refractivity (Wildman–Crippen MR) is 84.6 cm³/mol. The lowest BCUT2D eigenvalue weighted by atomic mass is 10.1. The van der Waals surface area contributed by atoms with Gasteiger partial charge in [-0.25, -0.2) is 4.98 Å². The van der Waals surface area contributed by atoms with E-state index >= 15 is 0 Å². The van der Waals surface area contributed by atoms with Crippen LogP contribution in [0.1, 0.15) is 18.2 Å². The summed E-state index contributed by atoms with van der Waals surface area (Å²) in [5.74, 6) is 0.851. The number of benzene rings is 1. The third-order valence-corrected chi connectivity index (χ3v) is 4.19. The molecule has 0 radical (unpaired) electrons. The third kappa shape index (κ3) is 2.34. The van der Waals surface area contributed by atoms with Crippen molar-refractivity contribution in [3.63, 3.8) is 0 Å². The fourth-order valence-corrected chi connectivity index (χ4v) is 2.93. The molecule has 0 amide bonds. The molecule has 0 spiro atoms. The van der Waals surface area contributed by atoms with Crippen LogP contribution < -0.4 is 10.2 Å².